The number of carbonyl (C=O) groups is 1. The van der Waals surface area contributed by atoms with Crippen molar-refractivity contribution in [2.45, 2.75) is 26.8 Å². The molecular formula is C21H23N3O3. The molecule has 2 aromatic carbocycles. The van der Waals surface area contributed by atoms with E-state index in [0.29, 0.717) is 18.0 Å². The monoisotopic (exact) mass is 365 g/mol. The van der Waals surface area contributed by atoms with Crippen molar-refractivity contribution in [2.24, 2.45) is 0 Å². The Hall–Kier alpha value is -3.46. The van der Waals surface area contributed by atoms with Gasteiger partial charge in [-0.25, -0.2) is 0 Å². The van der Waals surface area contributed by atoms with Crippen LogP contribution in [-0.2, 0) is 4.79 Å². The minimum absolute atomic E-state index is 0.0286. The number of ether oxygens (including phenoxy) is 1. The largest absolute Gasteiger partial charge is 0.506 e. The van der Waals surface area contributed by atoms with Gasteiger partial charge in [-0.3, -0.25) is 4.79 Å². The molecule has 0 saturated heterocycles. The summed E-state index contributed by atoms with van der Waals surface area (Å²) >= 11 is 0. The predicted octanol–water partition coefficient (Wildman–Crippen LogP) is 3.80. The van der Waals surface area contributed by atoms with Crippen molar-refractivity contribution in [1.82, 2.24) is 5.32 Å². The van der Waals surface area contributed by atoms with Gasteiger partial charge in [0, 0.05) is 11.8 Å². The smallest absolute Gasteiger partial charge is 0.263 e. The second kappa shape index (κ2) is 9.30. The maximum Gasteiger partial charge on any atom is 0.263 e. The Balaban J connectivity index is 2.15. The zero-order valence-electron chi connectivity index (χ0n) is 15.6. The maximum absolute atomic E-state index is 12.5. The molecule has 6 heteroatoms. The van der Waals surface area contributed by atoms with Crippen molar-refractivity contribution >= 4 is 11.6 Å². The van der Waals surface area contributed by atoms with Crippen LogP contribution in [0.25, 0.3) is 0 Å². The number of para-hydroxylation sites is 2. The van der Waals surface area contributed by atoms with Crippen LogP contribution >= 0.6 is 0 Å². The second-order valence-corrected chi connectivity index (χ2v) is 6.00. The van der Waals surface area contributed by atoms with Crippen LogP contribution in [0.2, 0.25) is 0 Å². The normalized spacial score (nSPS) is 12.0. The third-order valence-electron chi connectivity index (χ3n) is 3.92. The Morgan fingerprint density at radius 2 is 2.07 bits per heavy atom. The summed E-state index contributed by atoms with van der Waals surface area (Å²) < 4.78 is 5.63. The Morgan fingerprint density at radius 3 is 2.74 bits per heavy atom. The van der Waals surface area contributed by atoms with Crippen molar-refractivity contribution in [1.29, 1.82) is 5.26 Å². The minimum Gasteiger partial charge on any atom is -0.506 e. The van der Waals surface area contributed by atoms with Gasteiger partial charge in [0.05, 0.1) is 18.3 Å². The Labute approximate surface area is 159 Å². The number of aryl methyl sites for hydroxylation is 1. The van der Waals surface area contributed by atoms with E-state index in [1.54, 1.807) is 18.2 Å². The van der Waals surface area contributed by atoms with E-state index < -0.39 is 5.91 Å². The van der Waals surface area contributed by atoms with E-state index in [1.165, 1.54) is 12.3 Å². The third-order valence-corrected chi connectivity index (χ3v) is 3.92. The molecule has 0 radical (unpaired) electrons. The highest BCUT2D eigenvalue weighted by Gasteiger charge is 2.17. The van der Waals surface area contributed by atoms with E-state index in [2.05, 4.69) is 10.6 Å². The molecular weight excluding hydrogens is 342 g/mol. The molecule has 0 aliphatic rings. The van der Waals surface area contributed by atoms with Gasteiger partial charge < -0.3 is 20.5 Å². The van der Waals surface area contributed by atoms with Crippen LogP contribution in [0.15, 0.2) is 54.2 Å². The molecule has 6 nitrogen and oxygen atoms in total. The fraction of sp³-hybridized carbons (Fsp3) is 0.238. The van der Waals surface area contributed by atoms with E-state index >= 15 is 0 Å². The topological polar surface area (TPSA) is 94.4 Å². The Morgan fingerprint density at radius 1 is 1.33 bits per heavy atom. The average molecular weight is 365 g/mol. The van der Waals surface area contributed by atoms with Crippen LogP contribution in [-0.4, -0.2) is 17.6 Å². The summed E-state index contributed by atoms with van der Waals surface area (Å²) in [5.74, 6) is 0.212. The zero-order chi connectivity index (χ0) is 19.8. The molecule has 0 heterocycles. The van der Waals surface area contributed by atoms with E-state index in [1.807, 2.05) is 45.0 Å². The third kappa shape index (κ3) is 5.25. The zero-order valence-corrected chi connectivity index (χ0v) is 15.6. The van der Waals surface area contributed by atoms with Gasteiger partial charge in [0.1, 0.15) is 23.1 Å². The summed E-state index contributed by atoms with van der Waals surface area (Å²) in [6.45, 7) is 6.21. The summed E-state index contributed by atoms with van der Waals surface area (Å²) in [6, 6.07) is 13.9. The van der Waals surface area contributed by atoms with Crippen LogP contribution < -0.4 is 15.4 Å². The van der Waals surface area contributed by atoms with Crippen molar-refractivity contribution in [3.05, 3.63) is 65.4 Å². The van der Waals surface area contributed by atoms with Gasteiger partial charge in [-0.15, -0.1) is 0 Å². The van der Waals surface area contributed by atoms with Crippen LogP contribution in [0.1, 0.15) is 31.0 Å². The van der Waals surface area contributed by atoms with Crippen LogP contribution in [0.5, 0.6) is 11.5 Å². The van der Waals surface area contributed by atoms with E-state index in [0.717, 1.165) is 11.1 Å². The van der Waals surface area contributed by atoms with Crippen LogP contribution in [0.3, 0.4) is 0 Å². The molecule has 2 rings (SSSR count). The highest BCUT2D eigenvalue weighted by molar-refractivity contribution is 5.97. The molecule has 1 atom stereocenters. The quantitative estimate of drug-likeness (QED) is 0.394. The lowest BCUT2D eigenvalue weighted by Crippen LogP contribution is -2.28. The number of benzene rings is 2. The first kappa shape index (κ1) is 19.9. The number of carbonyl (C=O) groups excluding carboxylic acids is 1. The predicted molar refractivity (Wildman–Crippen MR) is 104 cm³/mol. The molecule has 0 aromatic heterocycles. The van der Waals surface area contributed by atoms with Crippen molar-refractivity contribution in [2.75, 3.05) is 11.9 Å². The standard InChI is InChI=1S/C21H23N3O3/c1-4-27-20-10-9-14(2)11-17(20)15(3)24-21(26)16(12-22)13-23-18-7-5-6-8-19(18)25/h5-11,13,15,23,25H,4H2,1-3H3,(H,24,26)/b16-13-. The molecule has 1 amide bonds. The minimum atomic E-state index is -0.517. The Kier molecular flexibility index (Phi) is 6.84. The number of nitrogens with one attached hydrogen (secondary N) is 2. The molecule has 3 N–H and O–H groups in total. The molecule has 0 saturated carbocycles. The van der Waals surface area contributed by atoms with Gasteiger partial charge in [0.2, 0.25) is 0 Å². The number of aromatic hydroxyl groups is 1. The number of hydrogen-bond acceptors (Lipinski definition) is 5. The number of nitriles is 1. The summed E-state index contributed by atoms with van der Waals surface area (Å²) in [7, 11) is 0. The van der Waals surface area contributed by atoms with Crippen molar-refractivity contribution in [3.63, 3.8) is 0 Å². The van der Waals surface area contributed by atoms with Crippen LogP contribution in [0.4, 0.5) is 5.69 Å². The summed E-state index contributed by atoms with van der Waals surface area (Å²) in [6.07, 6.45) is 1.27. The summed E-state index contributed by atoms with van der Waals surface area (Å²) in [4.78, 5) is 12.5. The van der Waals surface area contributed by atoms with Gasteiger partial charge >= 0.3 is 0 Å². The lowest BCUT2D eigenvalue weighted by atomic mass is 10.0. The lowest BCUT2D eigenvalue weighted by molar-refractivity contribution is -0.117. The molecule has 2 aromatic rings. The number of nitrogens with zero attached hydrogens (tertiary/aromatic N) is 1. The molecule has 1 unspecified atom stereocenters. The number of rotatable bonds is 7. The average Bonchev–Trinajstić information content (AvgIpc) is 2.65. The van der Waals surface area contributed by atoms with E-state index in [9.17, 15) is 15.2 Å². The molecule has 0 aliphatic carbocycles. The van der Waals surface area contributed by atoms with Crippen molar-refractivity contribution in [3.8, 4) is 17.6 Å². The van der Waals surface area contributed by atoms with Gasteiger partial charge in [-0.1, -0.05) is 29.8 Å². The van der Waals surface area contributed by atoms with Crippen LogP contribution in [0, 0.1) is 18.3 Å². The molecule has 0 fully saturated rings. The molecule has 0 spiro atoms. The Bertz CT molecular complexity index is 884. The van der Waals surface area contributed by atoms with Crippen molar-refractivity contribution < 1.29 is 14.6 Å². The summed E-state index contributed by atoms with van der Waals surface area (Å²) in [5, 5.41) is 24.6. The number of anilines is 1. The SMILES string of the molecule is CCOc1ccc(C)cc1C(C)NC(=O)/C(C#N)=C\Nc1ccccc1O. The van der Waals surface area contributed by atoms with E-state index in [-0.39, 0.29) is 17.4 Å². The fourth-order valence-electron chi connectivity index (χ4n) is 2.54. The first-order valence-electron chi connectivity index (χ1n) is 8.65. The molecule has 0 aliphatic heterocycles. The van der Waals surface area contributed by atoms with Gasteiger partial charge in [-0.2, -0.15) is 5.26 Å². The highest BCUT2D eigenvalue weighted by atomic mass is 16.5. The van der Waals surface area contributed by atoms with E-state index in [4.69, 9.17) is 4.74 Å². The van der Waals surface area contributed by atoms with Gasteiger partial charge in [0.15, 0.2) is 0 Å². The maximum atomic E-state index is 12.5. The summed E-state index contributed by atoms with van der Waals surface area (Å²) in [5.41, 5.74) is 2.20. The number of phenols is 1. The van der Waals surface area contributed by atoms with Gasteiger partial charge in [-0.05, 0) is 39.0 Å². The first-order valence-corrected chi connectivity index (χ1v) is 8.65. The molecule has 140 valence electrons. The second-order valence-electron chi connectivity index (χ2n) is 6.00. The molecule has 0 bridgehead atoms. The molecule has 27 heavy (non-hydrogen) atoms. The highest BCUT2D eigenvalue weighted by Crippen LogP contribution is 2.27. The number of hydrogen-bond donors (Lipinski definition) is 3. The number of phenolic OH excluding ortho intramolecular Hbond substituents is 1. The number of amides is 1. The fourth-order valence-corrected chi connectivity index (χ4v) is 2.54. The van der Waals surface area contributed by atoms with Gasteiger partial charge in [0.25, 0.3) is 5.91 Å². The lowest BCUT2D eigenvalue weighted by Gasteiger charge is -2.18. The first-order chi connectivity index (χ1) is 13.0.